The molecule has 2 rings (SSSR count). The van der Waals surface area contributed by atoms with Gasteiger partial charge in [0.15, 0.2) is 6.73 Å². The van der Waals surface area contributed by atoms with E-state index in [0.29, 0.717) is 11.4 Å². The number of anilines is 1. The Bertz CT molecular complexity index is 698. The lowest BCUT2D eigenvalue weighted by Gasteiger charge is -2.10. The molecule has 0 fully saturated rings. The van der Waals surface area contributed by atoms with Crippen molar-refractivity contribution in [3.05, 3.63) is 59.7 Å². The minimum absolute atomic E-state index is 0.0115. The van der Waals surface area contributed by atoms with Gasteiger partial charge in [-0.15, -0.1) is 0 Å². The van der Waals surface area contributed by atoms with Crippen LogP contribution in [0.4, 0.5) is 10.5 Å². The molecule has 2 amide bonds. The number of carbonyl (C=O) groups excluding carboxylic acids is 1. The van der Waals surface area contributed by atoms with Gasteiger partial charge in [-0.3, -0.25) is 0 Å². The minimum atomic E-state index is -1.05. The van der Waals surface area contributed by atoms with Crippen molar-refractivity contribution >= 4 is 17.7 Å². The van der Waals surface area contributed by atoms with Crippen molar-refractivity contribution in [1.29, 1.82) is 0 Å². The van der Waals surface area contributed by atoms with Gasteiger partial charge in [0.2, 0.25) is 0 Å². The molecule has 6 nitrogen and oxygen atoms in total. The monoisotopic (exact) mass is 328 g/mol. The number of nitrogens with one attached hydrogen (secondary N) is 2. The average Bonchev–Trinajstić information content (AvgIpc) is 2.57. The van der Waals surface area contributed by atoms with E-state index in [1.54, 1.807) is 12.1 Å². The first-order valence-corrected chi connectivity index (χ1v) is 7.68. The maximum absolute atomic E-state index is 11.8. The fraction of sp³-hybridized carbons (Fsp3) is 0.222. The summed E-state index contributed by atoms with van der Waals surface area (Å²) in [6.07, 6.45) is 2.11. The number of carboxylic acid groups (broad SMARTS) is 1. The van der Waals surface area contributed by atoms with Crippen LogP contribution in [0.2, 0.25) is 0 Å². The second-order valence-corrected chi connectivity index (χ2v) is 5.20. The van der Waals surface area contributed by atoms with Crippen molar-refractivity contribution in [2.45, 2.75) is 19.8 Å². The minimum Gasteiger partial charge on any atom is -0.478 e. The average molecular weight is 328 g/mol. The van der Waals surface area contributed by atoms with Crippen molar-refractivity contribution in [1.82, 2.24) is 5.32 Å². The van der Waals surface area contributed by atoms with Gasteiger partial charge in [-0.25, -0.2) is 9.59 Å². The lowest BCUT2D eigenvalue weighted by atomic mass is 10.1. The zero-order chi connectivity index (χ0) is 17.4. The number of rotatable bonds is 7. The van der Waals surface area contributed by atoms with Gasteiger partial charge in [0.25, 0.3) is 0 Å². The molecule has 0 aliphatic rings. The predicted molar refractivity (Wildman–Crippen MR) is 91.5 cm³/mol. The van der Waals surface area contributed by atoms with Gasteiger partial charge in [0, 0.05) is 5.69 Å². The largest absolute Gasteiger partial charge is 0.478 e. The van der Waals surface area contributed by atoms with Crippen LogP contribution in [0.1, 0.15) is 29.3 Å². The van der Waals surface area contributed by atoms with Crippen LogP contribution in [0.5, 0.6) is 5.75 Å². The molecular weight excluding hydrogens is 308 g/mol. The zero-order valence-corrected chi connectivity index (χ0v) is 13.4. The number of carboxylic acids is 1. The van der Waals surface area contributed by atoms with Crippen LogP contribution in [-0.4, -0.2) is 23.8 Å². The molecule has 24 heavy (non-hydrogen) atoms. The highest BCUT2D eigenvalue weighted by Gasteiger charge is 2.06. The second kappa shape index (κ2) is 8.57. The first-order valence-electron chi connectivity index (χ1n) is 7.68. The summed E-state index contributed by atoms with van der Waals surface area (Å²) in [7, 11) is 0. The van der Waals surface area contributed by atoms with Crippen LogP contribution >= 0.6 is 0 Å². The molecule has 0 saturated heterocycles. The summed E-state index contributed by atoms with van der Waals surface area (Å²) in [5, 5.41) is 14.0. The van der Waals surface area contributed by atoms with Crippen molar-refractivity contribution < 1.29 is 19.4 Å². The Morgan fingerprint density at radius 1 is 1.12 bits per heavy atom. The summed E-state index contributed by atoms with van der Waals surface area (Å²) >= 11 is 0. The number of amides is 2. The molecule has 2 aromatic rings. The molecule has 0 radical (unpaired) electrons. The standard InChI is InChI=1S/C18H20N2O4/c1-2-4-13-7-9-16(10-8-13)24-12-19-18(23)20-15-6-3-5-14(11-15)17(21)22/h3,5-11H,2,4,12H2,1H3,(H,21,22)(H2,19,20,23). The van der Waals surface area contributed by atoms with Crippen LogP contribution in [-0.2, 0) is 6.42 Å². The lowest BCUT2D eigenvalue weighted by Crippen LogP contribution is -2.32. The molecular formula is C18H20N2O4. The van der Waals surface area contributed by atoms with Crippen LogP contribution in [0, 0.1) is 0 Å². The summed E-state index contributed by atoms with van der Waals surface area (Å²) in [4.78, 5) is 22.7. The van der Waals surface area contributed by atoms with E-state index in [9.17, 15) is 9.59 Å². The highest BCUT2D eigenvalue weighted by atomic mass is 16.5. The molecule has 126 valence electrons. The summed E-state index contributed by atoms with van der Waals surface area (Å²) in [5.41, 5.74) is 1.75. The Balaban J connectivity index is 1.79. The number of hydrogen-bond acceptors (Lipinski definition) is 3. The van der Waals surface area contributed by atoms with Crippen molar-refractivity contribution in [2.75, 3.05) is 12.0 Å². The molecule has 6 heteroatoms. The van der Waals surface area contributed by atoms with E-state index >= 15 is 0 Å². The van der Waals surface area contributed by atoms with Gasteiger partial charge < -0.3 is 20.5 Å². The third-order valence-corrected chi connectivity index (χ3v) is 3.30. The van der Waals surface area contributed by atoms with Gasteiger partial charge in [-0.2, -0.15) is 0 Å². The van der Waals surface area contributed by atoms with Crippen molar-refractivity contribution in [2.24, 2.45) is 0 Å². The number of ether oxygens (including phenoxy) is 1. The molecule has 0 aliphatic carbocycles. The second-order valence-electron chi connectivity index (χ2n) is 5.20. The maximum Gasteiger partial charge on any atom is 0.335 e. The molecule has 0 saturated carbocycles. The Hall–Kier alpha value is -3.02. The zero-order valence-electron chi connectivity index (χ0n) is 13.4. The quantitative estimate of drug-likeness (QED) is 0.679. The highest BCUT2D eigenvalue weighted by Crippen LogP contribution is 2.13. The van der Waals surface area contributed by atoms with E-state index in [2.05, 4.69) is 17.6 Å². The maximum atomic E-state index is 11.8. The molecule has 0 heterocycles. The van der Waals surface area contributed by atoms with E-state index in [4.69, 9.17) is 9.84 Å². The van der Waals surface area contributed by atoms with Crippen molar-refractivity contribution in [3.8, 4) is 5.75 Å². The number of urea groups is 1. The summed E-state index contributed by atoms with van der Waals surface area (Å²) < 4.78 is 5.44. The molecule has 0 bridgehead atoms. The molecule has 0 aliphatic heterocycles. The lowest BCUT2D eigenvalue weighted by molar-refractivity contribution is 0.0697. The molecule has 0 atom stereocenters. The molecule has 0 unspecified atom stereocenters. The summed E-state index contributed by atoms with van der Waals surface area (Å²) in [6, 6.07) is 13.3. The smallest absolute Gasteiger partial charge is 0.335 e. The van der Waals surface area contributed by atoms with Gasteiger partial charge >= 0.3 is 12.0 Å². The van der Waals surface area contributed by atoms with E-state index in [1.807, 2.05) is 24.3 Å². The third-order valence-electron chi connectivity index (χ3n) is 3.30. The first-order chi connectivity index (χ1) is 11.6. The number of benzene rings is 2. The number of aromatic carboxylic acids is 1. The van der Waals surface area contributed by atoms with E-state index in [0.717, 1.165) is 12.8 Å². The molecule has 0 spiro atoms. The SMILES string of the molecule is CCCc1ccc(OCNC(=O)Nc2cccc(C(=O)O)c2)cc1. The van der Waals surface area contributed by atoms with Crippen LogP contribution in [0.25, 0.3) is 0 Å². The Kier molecular flexibility index (Phi) is 6.19. The predicted octanol–water partition coefficient (Wildman–Crippen LogP) is 3.50. The fourth-order valence-corrected chi connectivity index (χ4v) is 2.13. The van der Waals surface area contributed by atoms with Gasteiger partial charge in [-0.05, 0) is 42.3 Å². The molecule has 3 N–H and O–H groups in total. The van der Waals surface area contributed by atoms with Gasteiger partial charge in [0.05, 0.1) is 5.56 Å². The topological polar surface area (TPSA) is 87.7 Å². The molecule has 0 aromatic heterocycles. The van der Waals surface area contributed by atoms with Crippen LogP contribution in [0.15, 0.2) is 48.5 Å². The fourth-order valence-electron chi connectivity index (χ4n) is 2.13. The van der Waals surface area contributed by atoms with Gasteiger partial charge in [0.1, 0.15) is 5.75 Å². The Morgan fingerprint density at radius 2 is 1.88 bits per heavy atom. The van der Waals surface area contributed by atoms with Crippen LogP contribution < -0.4 is 15.4 Å². The number of hydrogen-bond donors (Lipinski definition) is 3. The van der Waals surface area contributed by atoms with E-state index in [-0.39, 0.29) is 12.3 Å². The van der Waals surface area contributed by atoms with E-state index in [1.165, 1.54) is 17.7 Å². The molecule has 2 aromatic carbocycles. The van der Waals surface area contributed by atoms with Gasteiger partial charge in [-0.1, -0.05) is 31.5 Å². The normalized spacial score (nSPS) is 10.0. The number of aryl methyl sites for hydroxylation is 1. The highest BCUT2D eigenvalue weighted by molar-refractivity contribution is 5.93. The van der Waals surface area contributed by atoms with Crippen LogP contribution in [0.3, 0.4) is 0 Å². The third kappa shape index (κ3) is 5.31. The van der Waals surface area contributed by atoms with E-state index < -0.39 is 12.0 Å². The first kappa shape index (κ1) is 17.3. The Labute approximate surface area is 140 Å². The summed E-state index contributed by atoms with van der Waals surface area (Å²) in [5.74, 6) is -0.378. The Morgan fingerprint density at radius 3 is 2.54 bits per heavy atom. The number of carbonyl (C=O) groups is 2. The summed E-state index contributed by atoms with van der Waals surface area (Å²) in [6.45, 7) is 2.14. The van der Waals surface area contributed by atoms with Crippen molar-refractivity contribution in [3.63, 3.8) is 0 Å².